The fourth-order valence-corrected chi connectivity index (χ4v) is 3.30. The lowest BCUT2D eigenvalue weighted by Gasteiger charge is -2.19. The van der Waals surface area contributed by atoms with Gasteiger partial charge in [-0.15, -0.1) is 0 Å². The van der Waals surface area contributed by atoms with E-state index in [0.717, 1.165) is 15.7 Å². The largest absolute Gasteiger partial charge is 0.339 e. The molecule has 3 rings (SSSR count). The molecule has 0 aliphatic carbocycles. The number of carbonyl (C=O) groups is 2. The van der Waals surface area contributed by atoms with Crippen LogP contribution in [0.15, 0.2) is 65.3 Å². The zero-order valence-corrected chi connectivity index (χ0v) is 18.0. The molecule has 29 heavy (non-hydrogen) atoms. The molecule has 0 saturated carbocycles. The Kier molecular flexibility index (Phi) is 6.82. The second-order valence-electron chi connectivity index (χ2n) is 6.48. The van der Waals surface area contributed by atoms with E-state index in [0.29, 0.717) is 24.5 Å². The first kappa shape index (κ1) is 20.8. The lowest BCUT2D eigenvalue weighted by atomic mass is 10.1. The molecule has 0 bridgehead atoms. The van der Waals surface area contributed by atoms with Crippen LogP contribution in [0.25, 0.3) is 5.69 Å². The van der Waals surface area contributed by atoms with Crippen molar-refractivity contribution in [1.29, 1.82) is 0 Å². The molecule has 3 aromatic rings. The molecule has 0 unspecified atom stereocenters. The van der Waals surface area contributed by atoms with Gasteiger partial charge in [-0.3, -0.25) is 9.59 Å². The van der Waals surface area contributed by atoms with Crippen LogP contribution in [0.3, 0.4) is 0 Å². The molecule has 1 heterocycles. The standard InChI is InChI=1S/C22H23BrN4O2/c1-3-26(4-2)22(29)19-15-24-27(18-8-6-5-7-9-18)21(19)25-20(28)14-16-10-12-17(23)13-11-16/h5-13,15H,3-4,14H2,1-2H3,(H,25,28). The summed E-state index contributed by atoms with van der Waals surface area (Å²) in [6, 6.07) is 17.0. The van der Waals surface area contributed by atoms with Gasteiger partial charge in [0.15, 0.2) is 0 Å². The molecule has 1 aromatic heterocycles. The fraction of sp³-hybridized carbons (Fsp3) is 0.227. The maximum absolute atomic E-state index is 13.0. The molecule has 0 radical (unpaired) electrons. The van der Waals surface area contributed by atoms with Crippen LogP contribution in [0.4, 0.5) is 5.82 Å². The van der Waals surface area contributed by atoms with E-state index in [1.165, 1.54) is 6.20 Å². The Balaban J connectivity index is 1.93. The average Bonchev–Trinajstić information content (AvgIpc) is 3.14. The molecule has 0 saturated heterocycles. The molecule has 2 aromatic carbocycles. The fourth-order valence-electron chi connectivity index (χ4n) is 3.04. The Morgan fingerprint density at radius 3 is 2.31 bits per heavy atom. The lowest BCUT2D eigenvalue weighted by Crippen LogP contribution is -2.31. The highest BCUT2D eigenvalue weighted by Crippen LogP contribution is 2.22. The highest BCUT2D eigenvalue weighted by molar-refractivity contribution is 9.10. The minimum atomic E-state index is -0.210. The van der Waals surface area contributed by atoms with Gasteiger partial charge in [0.05, 0.1) is 18.3 Å². The van der Waals surface area contributed by atoms with Gasteiger partial charge >= 0.3 is 0 Å². The zero-order chi connectivity index (χ0) is 20.8. The van der Waals surface area contributed by atoms with Crippen molar-refractivity contribution in [3.05, 3.63) is 76.4 Å². The first-order valence-electron chi connectivity index (χ1n) is 9.50. The molecule has 0 fully saturated rings. The van der Waals surface area contributed by atoms with E-state index in [9.17, 15) is 9.59 Å². The van der Waals surface area contributed by atoms with Crippen molar-refractivity contribution in [3.63, 3.8) is 0 Å². The van der Waals surface area contributed by atoms with Gasteiger partial charge in [-0.25, -0.2) is 4.68 Å². The van der Waals surface area contributed by atoms with E-state index >= 15 is 0 Å². The third-order valence-electron chi connectivity index (χ3n) is 4.59. The van der Waals surface area contributed by atoms with E-state index in [2.05, 4.69) is 26.3 Å². The van der Waals surface area contributed by atoms with Gasteiger partial charge in [-0.1, -0.05) is 46.3 Å². The van der Waals surface area contributed by atoms with Crippen LogP contribution in [0.5, 0.6) is 0 Å². The summed E-state index contributed by atoms with van der Waals surface area (Å²) < 4.78 is 2.55. The van der Waals surface area contributed by atoms with Crippen LogP contribution in [-0.4, -0.2) is 39.6 Å². The Labute approximate surface area is 178 Å². The molecule has 7 heteroatoms. The quantitative estimate of drug-likeness (QED) is 0.578. The Morgan fingerprint density at radius 2 is 1.69 bits per heavy atom. The number of anilines is 1. The van der Waals surface area contributed by atoms with Crippen molar-refractivity contribution in [1.82, 2.24) is 14.7 Å². The SMILES string of the molecule is CCN(CC)C(=O)c1cnn(-c2ccccc2)c1NC(=O)Cc1ccc(Br)cc1. The van der Waals surface area contributed by atoms with Crippen LogP contribution < -0.4 is 5.32 Å². The molecular weight excluding hydrogens is 432 g/mol. The van der Waals surface area contributed by atoms with Crippen LogP contribution in [0, 0.1) is 0 Å². The van der Waals surface area contributed by atoms with Crippen molar-refractivity contribution < 1.29 is 9.59 Å². The van der Waals surface area contributed by atoms with Gasteiger partial charge in [-0.05, 0) is 43.7 Å². The summed E-state index contributed by atoms with van der Waals surface area (Å²) in [5.74, 6) is 0.0185. The van der Waals surface area contributed by atoms with Gasteiger partial charge in [0, 0.05) is 17.6 Å². The summed E-state index contributed by atoms with van der Waals surface area (Å²) >= 11 is 3.39. The van der Waals surface area contributed by atoms with E-state index in [1.54, 1.807) is 9.58 Å². The molecular formula is C22H23BrN4O2. The zero-order valence-electron chi connectivity index (χ0n) is 16.4. The predicted molar refractivity (Wildman–Crippen MR) is 117 cm³/mol. The Morgan fingerprint density at radius 1 is 1.03 bits per heavy atom. The van der Waals surface area contributed by atoms with Gasteiger partial charge in [0.2, 0.25) is 5.91 Å². The number of halogens is 1. The van der Waals surface area contributed by atoms with Crippen LogP contribution >= 0.6 is 15.9 Å². The summed E-state index contributed by atoms with van der Waals surface area (Å²) in [4.78, 5) is 27.4. The van der Waals surface area contributed by atoms with Crippen LogP contribution in [-0.2, 0) is 11.2 Å². The first-order chi connectivity index (χ1) is 14.0. The molecule has 0 spiro atoms. The summed E-state index contributed by atoms with van der Waals surface area (Å²) in [7, 11) is 0. The molecule has 6 nitrogen and oxygen atoms in total. The van der Waals surface area contributed by atoms with E-state index in [4.69, 9.17) is 0 Å². The topological polar surface area (TPSA) is 67.2 Å². The minimum absolute atomic E-state index is 0.156. The van der Waals surface area contributed by atoms with E-state index in [-0.39, 0.29) is 18.2 Å². The van der Waals surface area contributed by atoms with Gasteiger partial charge in [0.1, 0.15) is 11.4 Å². The van der Waals surface area contributed by atoms with E-state index < -0.39 is 0 Å². The maximum atomic E-state index is 13.0. The van der Waals surface area contributed by atoms with Crippen molar-refractivity contribution in [2.45, 2.75) is 20.3 Å². The second kappa shape index (κ2) is 9.52. The number of nitrogens with zero attached hydrogens (tertiary/aromatic N) is 3. The summed E-state index contributed by atoms with van der Waals surface area (Å²) in [5, 5.41) is 7.29. The predicted octanol–water partition coefficient (Wildman–Crippen LogP) is 4.30. The van der Waals surface area contributed by atoms with Crippen molar-refractivity contribution in [2.75, 3.05) is 18.4 Å². The highest BCUT2D eigenvalue weighted by atomic mass is 79.9. The summed E-state index contributed by atoms with van der Waals surface area (Å²) in [6.45, 7) is 5.01. The van der Waals surface area contributed by atoms with Crippen LogP contribution in [0.2, 0.25) is 0 Å². The number of amides is 2. The maximum Gasteiger partial charge on any atom is 0.259 e. The van der Waals surface area contributed by atoms with Crippen molar-refractivity contribution in [3.8, 4) is 5.69 Å². The van der Waals surface area contributed by atoms with Crippen LogP contribution in [0.1, 0.15) is 29.8 Å². The van der Waals surface area contributed by atoms with E-state index in [1.807, 2.05) is 68.4 Å². The highest BCUT2D eigenvalue weighted by Gasteiger charge is 2.23. The number of carbonyl (C=O) groups excluding carboxylic acids is 2. The Hall–Kier alpha value is -2.93. The first-order valence-corrected chi connectivity index (χ1v) is 10.3. The number of para-hydroxylation sites is 1. The molecule has 2 amide bonds. The molecule has 0 aliphatic rings. The Bertz CT molecular complexity index is 980. The van der Waals surface area contributed by atoms with Crippen molar-refractivity contribution >= 4 is 33.6 Å². The van der Waals surface area contributed by atoms with Crippen molar-refractivity contribution in [2.24, 2.45) is 0 Å². The monoisotopic (exact) mass is 454 g/mol. The third-order valence-corrected chi connectivity index (χ3v) is 5.12. The van der Waals surface area contributed by atoms with Gasteiger partial charge in [-0.2, -0.15) is 5.10 Å². The van der Waals surface area contributed by atoms with Gasteiger partial charge < -0.3 is 10.2 Å². The number of nitrogens with one attached hydrogen (secondary N) is 1. The molecule has 150 valence electrons. The third kappa shape index (κ3) is 4.92. The number of rotatable bonds is 7. The number of benzene rings is 2. The number of hydrogen-bond acceptors (Lipinski definition) is 3. The molecule has 1 N–H and O–H groups in total. The molecule has 0 atom stereocenters. The normalized spacial score (nSPS) is 10.6. The summed E-state index contributed by atoms with van der Waals surface area (Å²) in [6.07, 6.45) is 1.72. The van der Waals surface area contributed by atoms with Gasteiger partial charge in [0.25, 0.3) is 5.91 Å². The number of aromatic nitrogens is 2. The second-order valence-corrected chi connectivity index (χ2v) is 7.40. The number of hydrogen-bond donors (Lipinski definition) is 1. The summed E-state index contributed by atoms with van der Waals surface area (Å²) in [5.41, 5.74) is 2.03. The molecule has 0 aliphatic heterocycles. The average molecular weight is 455 g/mol. The lowest BCUT2D eigenvalue weighted by molar-refractivity contribution is -0.115. The minimum Gasteiger partial charge on any atom is -0.339 e. The smallest absolute Gasteiger partial charge is 0.259 e.